The number of phenolic OH excluding ortho intramolecular Hbond substituents is 1. The van der Waals surface area contributed by atoms with Crippen LogP contribution in [0.4, 0.5) is 0 Å². The smallest absolute Gasteiger partial charge is 0.337 e. The van der Waals surface area contributed by atoms with E-state index in [1.165, 1.54) is 13.3 Å². The van der Waals surface area contributed by atoms with E-state index in [1.807, 2.05) is 30.3 Å². The number of phenols is 1. The number of carbonyl (C=O) groups excluding carboxylic acids is 1. The Morgan fingerprint density at radius 1 is 1.00 bits per heavy atom. The van der Waals surface area contributed by atoms with Gasteiger partial charge in [-0.1, -0.05) is 30.3 Å². The Labute approximate surface area is 178 Å². The standard InChI is InChI=1S/C24H20N2O5/c1-29-24(28)17-7-9-18(10-8-17)31-22-14-25-26-23(22)20-12-11-19(13-21(20)27)30-15-16-5-3-2-4-6-16/h2-14,27H,15H2,1H3,(H,25,26). The lowest BCUT2D eigenvalue weighted by atomic mass is 10.1. The molecule has 0 radical (unpaired) electrons. The molecular formula is C24H20N2O5. The van der Waals surface area contributed by atoms with Gasteiger partial charge in [0.2, 0.25) is 0 Å². The van der Waals surface area contributed by atoms with E-state index < -0.39 is 5.97 Å². The minimum absolute atomic E-state index is 0.0284. The van der Waals surface area contributed by atoms with Crippen LogP contribution in [0.25, 0.3) is 11.3 Å². The molecule has 1 aromatic heterocycles. The highest BCUT2D eigenvalue weighted by molar-refractivity contribution is 5.89. The van der Waals surface area contributed by atoms with Crippen molar-refractivity contribution in [2.75, 3.05) is 7.11 Å². The van der Waals surface area contributed by atoms with Crippen LogP contribution in [0.15, 0.2) is 79.0 Å². The summed E-state index contributed by atoms with van der Waals surface area (Å²) in [4.78, 5) is 11.6. The van der Waals surface area contributed by atoms with Crippen molar-refractivity contribution in [1.82, 2.24) is 10.2 Å². The Hall–Kier alpha value is -4.26. The first kappa shape index (κ1) is 20.0. The summed E-state index contributed by atoms with van der Waals surface area (Å²) in [5, 5.41) is 17.4. The summed E-state index contributed by atoms with van der Waals surface area (Å²) in [5.41, 5.74) is 2.49. The lowest BCUT2D eigenvalue weighted by Gasteiger charge is -2.10. The number of aromatic nitrogens is 2. The molecule has 156 valence electrons. The first-order valence-electron chi connectivity index (χ1n) is 9.54. The van der Waals surface area contributed by atoms with Gasteiger partial charge in [-0.2, -0.15) is 5.10 Å². The zero-order valence-electron chi connectivity index (χ0n) is 16.7. The van der Waals surface area contributed by atoms with Crippen molar-refractivity contribution in [2.45, 2.75) is 6.61 Å². The molecule has 1 heterocycles. The van der Waals surface area contributed by atoms with Gasteiger partial charge in [-0.3, -0.25) is 5.10 Å². The van der Waals surface area contributed by atoms with Crippen LogP contribution in [0, 0.1) is 0 Å². The van der Waals surface area contributed by atoms with E-state index in [0.29, 0.717) is 40.7 Å². The van der Waals surface area contributed by atoms with Gasteiger partial charge in [-0.05, 0) is 42.0 Å². The highest BCUT2D eigenvalue weighted by atomic mass is 16.5. The van der Waals surface area contributed by atoms with E-state index in [0.717, 1.165) is 5.56 Å². The summed E-state index contributed by atoms with van der Waals surface area (Å²) >= 11 is 0. The summed E-state index contributed by atoms with van der Waals surface area (Å²) in [7, 11) is 1.33. The maximum absolute atomic E-state index is 11.6. The first-order valence-corrected chi connectivity index (χ1v) is 9.54. The molecule has 7 heteroatoms. The number of methoxy groups -OCH3 is 1. The Kier molecular flexibility index (Phi) is 5.84. The first-order chi connectivity index (χ1) is 15.1. The molecule has 0 aliphatic heterocycles. The van der Waals surface area contributed by atoms with E-state index in [4.69, 9.17) is 14.2 Å². The second-order valence-electron chi connectivity index (χ2n) is 6.68. The van der Waals surface area contributed by atoms with Gasteiger partial charge < -0.3 is 19.3 Å². The molecule has 4 aromatic rings. The number of ether oxygens (including phenoxy) is 3. The molecule has 0 bridgehead atoms. The van der Waals surface area contributed by atoms with E-state index in [9.17, 15) is 9.90 Å². The molecule has 0 saturated heterocycles. The molecule has 0 aliphatic carbocycles. The maximum Gasteiger partial charge on any atom is 0.337 e. The quantitative estimate of drug-likeness (QED) is 0.415. The molecular weight excluding hydrogens is 396 g/mol. The predicted molar refractivity (Wildman–Crippen MR) is 114 cm³/mol. The van der Waals surface area contributed by atoms with Crippen molar-refractivity contribution in [3.8, 4) is 34.3 Å². The van der Waals surface area contributed by atoms with Gasteiger partial charge in [0.05, 0.1) is 18.9 Å². The van der Waals surface area contributed by atoms with Crippen LogP contribution in [0.3, 0.4) is 0 Å². The van der Waals surface area contributed by atoms with Crippen LogP contribution in [0.5, 0.6) is 23.0 Å². The number of hydrogen-bond acceptors (Lipinski definition) is 6. The summed E-state index contributed by atoms with van der Waals surface area (Å²) in [6.07, 6.45) is 1.52. The molecule has 0 amide bonds. The third-order valence-electron chi connectivity index (χ3n) is 4.59. The van der Waals surface area contributed by atoms with Crippen molar-refractivity contribution < 1.29 is 24.1 Å². The largest absolute Gasteiger partial charge is 0.507 e. The highest BCUT2D eigenvalue weighted by Crippen LogP contribution is 2.38. The molecule has 0 fully saturated rings. The van der Waals surface area contributed by atoms with E-state index >= 15 is 0 Å². The zero-order valence-corrected chi connectivity index (χ0v) is 16.7. The second-order valence-corrected chi connectivity index (χ2v) is 6.68. The number of hydrogen-bond donors (Lipinski definition) is 2. The number of esters is 1. The molecule has 0 aliphatic rings. The van der Waals surface area contributed by atoms with Crippen molar-refractivity contribution >= 4 is 5.97 Å². The number of rotatable bonds is 7. The van der Waals surface area contributed by atoms with Crippen LogP contribution in [-0.4, -0.2) is 28.4 Å². The average Bonchev–Trinajstić information content (AvgIpc) is 3.26. The minimum Gasteiger partial charge on any atom is -0.507 e. The van der Waals surface area contributed by atoms with E-state index in [2.05, 4.69) is 10.2 Å². The SMILES string of the molecule is COC(=O)c1ccc(Oc2cn[nH]c2-c2ccc(OCc3ccccc3)cc2O)cc1. The number of nitrogens with one attached hydrogen (secondary N) is 1. The molecule has 2 N–H and O–H groups in total. The molecule has 4 rings (SSSR count). The van der Waals surface area contributed by atoms with Crippen LogP contribution < -0.4 is 9.47 Å². The van der Waals surface area contributed by atoms with Crippen LogP contribution >= 0.6 is 0 Å². The monoisotopic (exact) mass is 416 g/mol. The van der Waals surface area contributed by atoms with Crippen molar-refractivity contribution in [2.24, 2.45) is 0 Å². The lowest BCUT2D eigenvalue weighted by Crippen LogP contribution is -2.00. The number of nitrogens with zero attached hydrogens (tertiary/aromatic N) is 1. The molecule has 7 nitrogen and oxygen atoms in total. The second kappa shape index (κ2) is 9.04. The molecule has 0 atom stereocenters. The molecule has 3 aromatic carbocycles. The molecule has 0 spiro atoms. The lowest BCUT2D eigenvalue weighted by molar-refractivity contribution is 0.0600. The van der Waals surface area contributed by atoms with Gasteiger partial charge in [-0.15, -0.1) is 0 Å². The topological polar surface area (TPSA) is 93.7 Å². The third kappa shape index (κ3) is 4.67. The predicted octanol–water partition coefficient (Wildman–Crippen LogP) is 4.94. The van der Waals surface area contributed by atoms with Gasteiger partial charge >= 0.3 is 5.97 Å². The number of benzene rings is 3. The number of aromatic amines is 1. The molecule has 0 saturated carbocycles. The minimum atomic E-state index is -0.421. The third-order valence-corrected chi connectivity index (χ3v) is 4.59. The summed E-state index contributed by atoms with van der Waals surface area (Å²) in [6, 6.07) is 21.4. The normalized spacial score (nSPS) is 10.5. The van der Waals surface area contributed by atoms with Crippen LogP contribution in [-0.2, 0) is 11.3 Å². The van der Waals surface area contributed by atoms with Gasteiger partial charge in [0.15, 0.2) is 5.75 Å². The fourth-order valence-corrected chi connectivity index (χ4v) is 3.00. The number of carbonyl (C=O) groups is 1. The zero-order chi connectivity index (χ0) is 21.6. The Bertz CT molecular complexity index is 1170. The molecule has 31 heavy (non-hydrogen) atoms. The van der Waals surface area contributed by atoms with E-state index in [-0.39, 0.29) is 5.75 Å². The number of aromatic hydroxyl groups is 1. The van der Waals surface area contributed by atoms with Crippen molar-refractivity contribution in [3.63, 3.8) is 0 Å². The molecule has 0 unspecified atom stereocenters. The summed E-state index contributed by atoms with van der Waals surface area (Å²) < 4.78 is 16.3. The highest BCUT2D eigenvalue weighted by Gasteiger charge is 2.15. The van der Waals surface area contributed by atoms with Crippen molar-refractivity contribution in [3.05, 3.63) is 90.1 Å². The van der Waals surface area contributed by atoms with Gasteiger partial charge in [0, 0.05) is 11.6 Å². The van der Waals surface area contributed by atoms with Gasteiger partial charge in [0.1, 0.15) is 29.5 Å². The Morgan fingerprint density at radius 2 is 1.74 bits per heavy atom. The Morgan fingerprint density at radius 3 is 2.45 bits per heavy atom. The fourth-order valence-electron chi connectivity index (χ4n) is 3.00. The fraction of sp³-hybridized carbons (Fsp3) is 0.0833. The maximum atomic E-state index is 11.6. The number of H-pyrrole nitrogens is 1. The van der Waals surface area contributed by atoms with Gasteiger partial charge in [0.25, 0.3) is 0 Å². The van der Waals surface area contributed by atoms with Crippen LogP contribution in [0.2, 0.25) is 0 Å². The Balaban J connectivity index is 1.49. The van der Waals surface area contributed by atoms with E-state index in [1.54, 1.807) is 42.5 Å². The average molecular weight is 416 g/mol. The summed E-state index contributed by atoms with van der Waals surface area (Å²) in [5.74, 6) is 1.10. The summed E-state index contributed by atoms with van der Waals surface area (Å²) in [6.45, 7) is 0.402. The van der Waals surface area contributed by atoms with Crippen LogP contribution in [0.1, 0.15) is 15.9 Å². The van der Waals surface area contributed by atoms with Crippen molar-refractivity contribution in [1.29, 1.82) is 0 Å². The van der Waals surface area contributed by atoms with Gasteiger partial charge in [-0.25, -0.2) is 4.79 Å².